The molecule has 2 aliphatic carbocycles. The number of carbonyl (C=O) groups excluding carboxylic acids is 2. The normalized spacial score (nSPS) is 29.4. The highest BCUT2D eigenvalue weighted by molar-refractivity contribution is 5.93. The Labute approximate surface area is 150 Å². The van der Waals surface area contributed by atoms with Crippen LogP contribution in [0.4, 0.5) is 0 Å². The van der Waals surface area contributed by atoms with E-state index in [-0.39, 0.29) is 17.9 Å². The van der Waals surface area contributed by atoms with Gasteiger partial charge >= 0.3 is 0 Å². The van der Waals surface area contributed by atoms with E-state index in [0.29, 0.717) is 17.4 Å². The number of amides is 2. The highest BCUT2D eigenvalue weighted by atomic mass is 16.2. The number of hydrogen-bond acceptors (Lipinski definition) is 2. The summed E-state index contributed by atoms with van der Waals surface area (Å²) in [5.74, 6) is 1.31. The van der Waals surface area contributed by atoms with Crippen LogP contribution in [0.15, 0.2) is 18.2 Å². The van der Waals surface area contributed by atoms with Crippen molar-refractivity contribution in [2.75, 3.05) is 0 Å². The maximum absolute atomic E-state index is 12.8. The van der Waals surface area contributed by atoms with E-state index in [1.54, 1.807) is 6.07 Å². The Kier molecular flexibility index (Phi) is 5.45. The van der Waals surface area contributed by atoms with Crippen LogP contribution in [0, 0.1) is 17.8 Å². The third kappa shape index (κ3) is 4.23. The fraction of sp³-hybridized carbons (Fsp3) is 0.619. The predicted octanol–water partition coefficient (Wildman–Crippen LogP) is 3.22. The molecule has 3 N–H and O–H groups in total. The molecular formula is C21H30N2O2. The maximum atomic E-state index is 12.8. The zero-order valence-electron chi connectivity index (χ0n) is 15.4. The molecule has 136 valence electrons. The quantitative estimate of drug-likeness (QED) is 0.828. The van der Waals surface area contributed by atoms with Crippen molar-refractivity contribution in [2.45, 2.75) is 64.8 Å². The van der Waals surface area contributed by atoms with Gasteiger partial charge in [0.15, 0.2) is 0 Å². The van der Waals surface area contributed by atoms with E-state index in [1.807, 2.05) is 12.1 Å². The second kappa shape index (κ2) is 7.59. The van der Waals surface area contributed by atoms with Gasteiger partial charge in [-0.25, -0.2) is 0 Å². The van der Waals surface area contributed by atoms with E-state index < -0.39 is 5.91 Å². The summed E-state index contributed by atoms with van der Waals surface area (Å²) in [6.07, 6.45) is 7.10. The predicted molar refractivity (Wildman–Crippen MR) is 99.2 cm³/mol. The van der Waals surface area contributed by atoms with Crippen molar-refractivity contribution < 1.29 is 9.59 Å². The lowest BCUT2D eigenvalue weighted by atomic mass is 9.85. The molecule has 0 aliphatic heterocycles. The summed E-state index contributed by atoms with van der Waals surface area (Å²) in [7, 11) is 0. The molecule has 0 bridgehead atoms. The van der Waals surface area contributed by atoms with Crippen LogP contribution in [0.3, 0.4) is 0 Å². The average Bonchev–Trinajstić information content (AvgIpc) is 2.75. The standard InChI is InChI=1S/C21H30N2O2/c1-13-4-3-5-17(10-14(13)2)21(25)23-19-9-8-15-6-7-16(20(22)24)11-18(15)12-19/h6-7,11,13-14,17,19H,3-5,8-10,12H2,1-2H3,(H2,22,24)(H,23,25). The van der Waals surface area contributed by atoms with E-state index in [4.69, 9.17) is 5.73 Å². The van der Waals surface area contributed by atoms with Gasteiger partial charge < -0.3 is 11.1 Å². The summed E-state index contributed by atoms with van der Waals surface area (Å²) in [6.45, 7) is 4.58. The maximum Gasteiger partial charge on any atom is 0.248 e. The molecule has 2 amide bonds. The molecule has 1 saturated carbocycles. The van der Waals surface area contributed by atoms with Crippen molar-refractivity contribution in [3.63, 3.8) is 0 Å². The molecule has 4 nitrogen and oxygen atoms in total. The zero-order valence-corrected chi connectivity index (χ0v) is 15.4. The second-order valence-electron chi connectivity index (χ2n) is 8.11. The van der Waals surface area contributed by atoms with Crippen molar-refractivity contribution in [3.05, 3.63) is 34.9 Å². The molecule has 3 rings (SSSR count). The highest BCUT2D eigenvalue weighted by Crippen LogP contribution is 2.32. The van der Waals surface area contributed by atoms with E-state index in [0.717, 1.165) is 44.1 Å². The number of primary amides is 1. The Hall–Kier alpha value is -1.84. The first-order valence-electron chi connectivity index (χ1n) is 9.66. The smallest absolute Gasteiger partial charge is 0.248 e. The summed E-state index contributed by atoms with van der Waals surface area (Å²) in [4.78, 5) is 24.2. The first-order valence-corrected chi connectivity index (χ1v) is 9.66. The van der Waals surface area contributed by atoms with Gasteiger partial charge in [0.05, 0.1) is 0 Å². The zero-order chi connectivity index (χ0) is 18.0. The summed E-state index contributed by atoms with van der Waals surface area (Å²) in [5, 5.41) is 3.29. The molecule has 4 atom stereocenters. The van der Waals surface area contributed by atoms with Crippen molar-refractivity contribution in [2.24, 2.45) is 23.5 Å². The number of aryl methyl sites for hydroxylation is 1. The van der Waals surface area contributed by atoms with Gasteiger partial charge in [-0.05, 0) is 67.2 Å². The molecule has 0 spiro atoms. The molecular weight excluding hydrogens is 312 g/mol. The Morgan fingerprint density at radius 1 is 1.08 bits per heavy atom. The lowest BCUT2D eigenvalue weighted by Gasteiger charge is -2.28. The minimum Gasteiger partial charge on any atom is -0.366 e. The second-order valence-corrected chi connectivity index (χ2v) is 8.11. The van der Waals surface area contributed by atoms with E-state index in [1.165, 1.54) is 12.0 Å². The number of carbonyl (C=O) groups is 2. The Bertz CT molecular complexity index is 655. The van der Waals surface area contributed by atoms with Crippen molar-refractivity contribution in [1.82, 2.24) is 5.32 Å². The number of nitrogens with one attached hydrogen (secondary N) is 1. The van der Waals surface area contributed by atoms with E-state index in [9.17, 15) is 9.59 Å². The van der Waals surface area contributed by atoms with Crippen LogP contribution in [0.25, 0.3) is 0 Å². The van der Waals surface area contributed by atoms with Crippen molar-refractivity contribution >= 4 is 11.8 Å². The van der Waals surface area contributed by atoms with Gasteiger partial charge in [-0.15, -0.1) is 0 Å². The average molecular weight is 342 g/mol. The third-order valence-corrected chi connectivity index (χ3v) is 6.28. The molecule has 0 radical (unpaired) electrons. The molecule has 1 aromatic carbocycles. The van der Waals surface area contributed by atoms with Gasteiger partial charge in [0, 0.05) is 17.5 Å². The van der Waals surface area contributed by atoms with Crippen LogP contribution in [-0.2, 0) is 17.6 Å². The summed E-state index contributed by atoms with van der Waals surface area (Å²) < 4.78 is 0. The Morgan fingerprint density at radius 3 is 2.64 bits per heavy atom. The number of fused-ring (bicyclic) bond motifs is 1. The van der Waals surface area contributed by atoms with Gasteiger partial charge in [-0.3, -0.25) is 9.59 Å². The van der Waals surface area contributed by atoms with Gasteiger partial charge in [-0.2, -0.15) is 0 Å². The van der Waals surface area contributed by atoms with Gasteiger partial charge in [0.2, 0.25) is 11.8 Å². The van der Waals surface area contributed by atoms with Crippen LogP contribution in [0.1, 0.15) is 67.4 Å². The summed E-state index contributed by atoms with van der Waals surface area (Å²) >= 11 is 0. The fourth-order valence-corrected chi connectivity index (χ4v) is 4.36. The number of nitrogens with two attached hydrogens (primary N) is 1. The lowest BCUT2D eigenvalue weighted by Crippen LogP contribution is -2.42. The number of benzene rings is 1. The molecule has 1 fully saturated rings. The number of rotatable bonds is 3. The molecule has 2 aliphatic rings. The van der Waals surface area contributed by atoms with E-state index in [2.05, 4.69) is 19.2 Å². The highest BCUT2D eigenvalue weighted by Gasteiger charge is 2.29. The first kappa shape index (κ1) is 18.0. The van der Waals surface area contributed by atoms with Gasteiger partial charge in [0.1, 0.15) is 0 Å². The summed E-state index contributed by atoms with van der Waals surface area (Å²) in [5.41, 5.74) is 8.36. The van der Waals surface area contributed by atoms with Crippen LogP contribution >= 0.6 is 0 Å². The van der Waals surface area contributed by atoms with Crippen molar-refractivity contribution in [1.29, 1.82) is 0 Å². The van der Waals surface area contributed by atoms with Crippen LogP contribution in [0.5, 0.6) is 0 Å². The molecule has 0 saturated heterocycles. The first-order chi connectivity index (χ1) is 11.9. The molecule has 0 heterocycles. The molecule has 1 aromatic rings. The lowest BCUT2D eigenvalue weighted by molar-refractivity contribution is -0.126. The topological polar surface area (TPSA) is 72.2 Å². The SMILES string of the molecule is CC1CCCC(C(=O)NC2CCc3ccc(C(N)=O)cc3C2)CC1C. The van der Waals surface area contributed by atoms with Crippen molar-refractivity contribution in [3.8, 4) is 0 Å². The summed E-state index contributed by atoms with van der Waals surface area (Å²) in [6, 6.07) is 5.86. The van der Waals surface area contributed by atoms with Crippen LogP contribution < -0.4 is 11.1 Å². The third-order valence-electron chi connectivity index (χ3n) is 6.28. The number of hydrogen-bond donors (Lipinski definition) is 2. The molecule has 4 heteroatoms. The molecule has 4 unspecified atom stereocenters. The largest absolute Gasteiger partial charge is 0.366 e. The fourth-order valence-electron chi connectivity index (χ4n) is 4.36. The van der Waals surface area contributed by atoms with Crippen LogP contribution in [-0.4, -0.2) is 17.9 Å². The van der Waals surface area contributed by atoms with E-state index >= 15 is 0 Å². The Morgan fingerprint density at radius 2 is 1.88 bits per heavy atom. The minimum absolute atomic E-state index is 0.151. The monoisotopic (exact) mass is 342 g/mol. The minimum atomic E-state index is -0.393. The molecule has 25 heavy (non-hydrogen) atoms. The van der Waals surface area contributed by atoms with Gasteiger partial charge in [0.25, 0.3) is 0 Å². The van der Waals surface area contributed by atoms with Gasteiger partial charge in [-0.1, -0.05) is 32.8 Å². The van der Waals surface area contributed by atoms with Crippen LogP contribution in [0.2, 0.25) is 0 Å². The Balaban J connectivity index is 1.63. The molecule has 0 aromatic heterocycles.